The molecule has 0 saturated carbocycles. The first-order valence-corrected chi connectivity index (χ1v) is 6.10. The average Bonchev–Trinajstić information content (AvgIpc) is 2.79. The van der Waals surface area contributed by atoms with Crippen LogP contribution in [0.25, 0.3) is 0 Å². The van der Waals surface area contributed by atoms with Gasteiger partial charge in [0.05, 0.1) is 0 Å². The molecule has 0 unspecified atom stereocenters. The van der Waals surface area contributed by atoms with Crippen LogP contribution in [-0.2, 0) is 6.54 Å². The minimum atomic E-state index is -0.261. The summed E-state index contributed by atoms with van der Waals surface area (Å²) >= 11 is 0. The maximum atomic E-state index is 12.1. The molecule has 5 nitrogen and oxygen atoms in total. The summed E-state index contributed by atoms with van der Waals surface area (Å²) in [5.41, 5.74) is 3.48. The fourth-order valence-electron chi connectivity index (χ4n) is 1.95. The fraction of sp³-hybridized carbons (Fsp3) is 0.357. The molecular formula is C14H17N3O2. The largest absolute Gasteiger partial charge is 0.333 e. The molecule has 0 N–H and O–H groups in total. The van der Waals surface area contributed by atoms with Gasteiger partial charge in [-0.1, -0.05) is 23.4 Å². The Labute approximate surface area is 112 Å². The molecule has 1 amide bonds. The quantitative estimate of drug-likeness (QED) is 0.848. The van der Waals surface area contributed by atoms with Gasteiger partial charge in [0.15, 0.2) is 5.82 Å². The molecule has 1 aromatic carbocycles. The van der Waals surface area contributed by atoms with Gasteiger partial charge in [0.2, 0.25) is 0 Å². The summed E-state index contributed by atoms with van der Waals surface area (Å²) in [6.45, 7) is 6.29. The Balaban J connectivity index is 2.17. The summed E-state index contributed by atoms with van der Waals surface area (Å²) in [5, 5.41) is 3.63. The highest BCUT2D eigenvalue weighted by Gasteiger charge is 2.19. The lowest BCUT2D eigenvalue weighted by Gasteiger charge is -2.18. The normalized spacial score (nSPS) is 10.5. The Morgan fingerprint density at radius 1 is 1.26 bits per heavy atom. The molecule has 0 bridgehead atoms. The second-order valence-corrected chi connectivity index (χ2v) is 4.68. The number of benzene rings is 1. The van der Waals surface area contributed by atoms with Crippen molar-refractivity contribution in [2.75, 3.05) is 7.05 Å². The second kappa shape index (κ2) is 5.22. The average molecular weight is 259 g/mol. The van der Waals surface area contributed by atoms with E-state index in [4.69, 9.17) is 4.52 Å². The first kappa shape index (κ1) is 13.3. The van der Waals surface area contributed by atoms with Crippen molar-refractivity contribution >= 4 is 5.91 Å². The Bertz CT molecular complexity index is 584. The summed E-state index contributed by atoms with van der Waals surface area (Å²) in [7, 11) is 1.73. The third-order valence-electron chi connectivity index (χ3n) is 3.10. The summed E-state index contributed by atoms with van der Waals surface area (Å²) in [4.78, 5) is 17.6. The molecule has 19 heavy (non-hydrogen) atoms. The van der Waals surface area contributed by atoms with E-state index in [2.05, 4.69) is 10.1 Å². The fourth-order valence-corrected chi connectivity index (χ4v) is 1.95. The summed E-state index contributed by atoms with van der Waals surface area (Å²) < 4.78 is 4.89. The number of aromatic nitrogens is 2. The van der Waals surface area contributed by atoms with Gasteiger partial charge in [-0.15, -0.1) is 0 Å². The Morgan fingerprint density at radius 3 is 2.42 bits per heavy atom. The van der Waals surface area contributed by atoms with Crippen molar-refractivity contribution in [3.8, 4) is 0 Å². The molecule has 0 atom stereocenters. The van der Waals surface area contributed by atoms with Crippen LogP contribution in [0.15, 0.2) is 22.7 Å². The van der Waals surface area contributed by atoms with Gasteiger partial charge in [-0.25, -0.2) is 0 Å². The molecule has 0 saturated heterocycles. The van der Waals surface area contributed by atoms with Crippen LogP contribution >= 0.6 is 0 Å². The minimum absolute atomic E-state index is 0.0336. The van der Waals surface area contributed by atoms with Crippen LogP contribution in [-0.4, -0.2) is 28.0 Å². The van der Waals surface area contributed by atoms with Crippen molar-refractivity contribution in [2.24, 2.45) is 0 Å². The van der Waals surface area contributed by atoms with Crippen LogP contribution in [0.1, 0.15) is 33.2 Å². The van der Waals surface area contributed by atoms with E-state index in [1.807, 2.05) is 32.0 Å². The molecule has 2 aromatic rings. The number of amides is 1. The number of aryl methyl sites for hydroxylation is 3. The molecule has 0 spiro atoms. The monoisotopic (exact) mass is 259 g/mol. The Morgan fingerprint density at radius 2 is 1.89 bits per heavy atom. The molecule has 1 heterocycles. The predicted octanol–water partition coefficient (Wildman–Crippen LogP) is 2.27. The van der Waals surface area contributed by atoms with E-state index in [0.29, 0.717) is 12.4 Å². The number of nitrogens with zero attached hydrogens (tertiary/aromatic N) is 3. The van der Waals surface area contributed by atoms with Crippen LogP contribution in [0.3, 0.4) is 0 Å². The van der Waals surface area contributed by atoms with E-state index in [9.17, 15) is 4.79 Å². The third-order valence-corrected chi connectivity index (χ3v) is 3.10. The van der Waals surface area contributed by atoms with Crippen molar-refractivity contribution in [3.05, 3.63) is 46.6 Å². The van der Waals surface area contributed by atoms with Gasteiger partial charge in [0.1, 0.15) is 0 Å². The van der Waals surface area contributed by atoms with Crippen LogP contribution in [0.4, 0.5) is 0 Å². The zero-order valence-electron chi connectivity index (χ0n) is 11.6. The molecular weight excluding hydrogens is 242 g/mol. The first-order valence-electron chi connectivity index (χ1n) is 6.10. The van der Waals surface area contributed by atoms with Gasteiger partial charge >= 0.3 is 11.8 Å². The van der Waals surface area contributed by atoms with Crippen molar-refractivity contribution in [1.29, 1.82) is 0 Å². The third kappa shape index (κ3) is 2.81. The number of carbonyl (C=O) groups excluding carboxylic acids is 1. The summed E-state index contributed by atoms with van der Waals surface area (Å²) in [6, 6.07) is 6.09. The Hall–Kier alpha value is -2.17. The van der Waals surface area contributed by atoms with Crippen LogP contribution in [0.2, 0.25) is 0 Å². The molecule has 0 aliphatic heterocycles. The molecule has 100 valence electrons. The maximum Gasteiger partial charge on any atom is 0.316 e. The van der Waals surface area contributed by atoms with Gasteiger partial charge in [-0.2, -0.15) is 4.98 Å². The van der Waals surface area contributed by atoms with E-state index >= 15 is 0 Å². The van der Waals surface area contributed by atoms with Gasteiger partial charge < -0.3 is 9.42 Å². The van der Waals surface area contributed by atoms with E-state index in [-0.39, 0.29) is 11.8 Å². The topological polar surface area (TPSA) is 59.2 Å². The number of rotatable bonds is 3. The van der Waals surface area contributed by atoms with Gasteiger partial charge in [0, 0.05) is 13.6 Å². The molecule has 2 rings (SSSR count). The number of carbonyl (C=O) groups is 1. The highest BCUT2D eigenvalue weighted by atomic mass is 16.5. The van der Waals surface area contributed by atoms with Crippen molar-refractivity contribution in [3.63, 3.8) is 0 Å². The number of hydrogen-bond acceptors (Lipinski definition) is 4. The van der Waals surface area contributed by atoms with Crippen LogP contribution < -0.4 is 0 Å². The first-order chi connectivity index (χ1) is 8.99. The lowest BCUT2D eigenvalue weighted by atomic mass is 10.0. The van der Waals surface area contributed by atoms with Crippen LogP contribution in [0.5, 0.6) is 0 Å². The molecule has 5 heteroatoms. The lowest BCUT2D eigenvalue weighted by molar-refractivity contribution is 0.0735. The van der Waals surface area contributed by atoms with Crippen molar-refractivity contribution in [1.82, 2.24) is 15.0 Å². The minimum Gasteiger partial charge on any atom is -0.333 e. The smallest absolute Gasteiger partial charge is 0.316 e. The van der Waals surface area contributed by atoms with Gasteiger partial charge in [-0.05, 0) is 37.5 Å². The van der Waals surface area contributed by atoms with E-state index in [1.54, 1.807) is 18.9 Å². The molecule has 0 radical (unpaired) electrons. The zero-order valence-corrected chi connectivity index (χ0v) is 11.6. The molecule has 0 aliphatic rings. The second-order valence-electron chi connectivity index (χ2n) is 4.68. The van der Waals surface area contributed by atoms with E-state index < -0.39 is 0 Å². The molecule has 0 fully saturated rings. The van der Waals surface area contributed by atoms with E-state index in [0.717, 1.165) is 5.56 Å². The Kier molecular flexibility index (Phi) is 3.64. The molecule has 0 aliphatic carbocycles. The lowest BCUT2D eigenvalue weighted by Crippen LogP contribution is -2.27. The standard InChI is InChI=1S/C14H17N3O2/c1-9-6-5-7-10(2)12(9)8-17(4)14(18)13-15-11(3)16-19-13/h5-7H,8H2,1-4H3. The van der Waals surface area contributed by atoms with Gasteiger partial charge in [0.25, 0.3) is 0 Å². The van der Waals surface area contributed by atoms with Crippen molar-refractivity contribution < 1.29 is 9.32 Å². The highest BCUT2D eigenvalue weighted by Crippen LogP contribution is 2.16. The molecule has 1 aromatic heterocycles. The SMILES string of the molecule is Cc1noc(C(=O)N(C)Cc2c(C)cccc2C)n1. The number of hydrogen-bond donors (Lipinski definition) is 0. The summed E-state index contributed by atoms with van der Waals surface area (Å²) in [6.07, 6.45) is 0. The predicted molar refractivity (Wildman–Crippen MR) is 70.7 cm³/mol. The highest BCUT2D eigenvalue weighted by molar-refractivity contribution is 5.89. The van der Waals surface area contributed by atoms with Crippen LogP contribution in [0, 0.1) is 20.8 Å². The van der Waals surface area contributed by atoms with Crippen molar-refractivity contribution in [2.45, 2.75) is 27.3 Å². The van der Waals surface area contributed by atoms with E-state index in [1.165, 1.54) is 11.1 Å². The zero-order chi connectivity index (χ0) is 14.0. The summed E-state index contributed by atoms with van der Waals surface area (Å²) in [5.74, 6) is 0.235. The maximum absolute atomic E-state index is 12.1. The van der Waals surface area contributed by atoms with Gasteiger partial charge in [-0.3, -0.25) is 4.79 Å².